The van der Waals surface area contributed by atoms with Crippen molar-refractivity contribution < 1.29 is 34.9 Å². The molecule has 1 aliphatic rings. The van der Waals surface area contributed by atoms with Crippen LogP contribution in [0, 0.1) is 0 Å². The molecule has 15 heavy (non-hydrogen) atoms. The van der Waals surface area contributed by atoms with Gasteiger partial charge in [0.2, 0.25) is 0 Å². The molecule has 0 N–H and O–H groups in total. The first-order chi connectivity index (χ1) is 6.83. The van der Waals surface area contributed by atoms with E-state index >= 15 is 0 Å². The van der Waals surface area contributed by atoms with Crippen molar-refractivity contribution in [2.45, 2.75) is 43.0 Å². The zero-order valence-electron chi connectivity index (χ0n) is 9.17. The summed E-state index contributed by atoms with van der Waals surface area (Å²) in [6.45, 7) is 5.50. The van der Waals surface area contributed by atoms with Crippen LogP contribution in [0.2, 0.25) is 0 Å². The molecular formula is C9H15BFINO2-. The van der Waals surface area contributed by atoms with E-state index in [0.29, 0.717) is 6.42 Å². The molecule has 0 aliphatic carbocycles. The molecule has 1 heterocycles. The first-order valence-corrected chi connectivity index (χ1v) is 7.28. The van der Waals surface area contributed by atoms with Gasteiger partial charge in [0.05, 0.1) is 0 Å². The number of amides is 1. The van der Waals surface area contributed by atoms with Crippen molar-refractivity contribution >= 4 is 11.8 Å². The molecule has 0 unspecified atom stereocenters. The minimum atomic E-state index is -0.953. The van der Waals surface area contributed by atoms with Crippen molar-refractivity contribution in [1.82, 2.24) is 4.90 Å². The number of halogens is 2. The van der Waals surface area contributed by atoms with Crippen LogP contribution < -0.4 is 21.0 Å². The van der Waals surface area contributed by atoms with Crippen LogP contribution in [0.3, 0.4) is 0 Å². The van der Waals surface area contributed by atoms with Gasteiger partial charge in [0.1, 0.15) is 0 Å². The minimum absolute atomic E-state index is 0.117. The normalized spacial score (nSPS) is 27.1. The summed E-state index contributed by atoms with van der Waals surface area (Å²) < 4.78 is 18.2. The van der Waals surface area contributed by atoms with Gasteiger partial charge in [-0.05, 0) is 0 Å². The van der Waals surface area contributed by atoms with Crippen LogP contribution in [-0.4, -0.2) is 39.1 Å². The van der Waals surface area contributed by atoms with E-state index in [9.17, 15) is 9.18 Å². The molecule has 0 saturated carbocycles. The number of rotatable bonds is 1. The molecule has 0 spiro atoms. The zero-order valence-corrected chi connectivity index (χ0v) is 11.3. The zero-order chi connectivity index (χ0) is 11.6. The Morgan fingerprint density at radius 2 is 2.20 bits per heavy atom. The van der Waals surface area contributed by atoms with Crippen molar-refractivity contribution in [2.75, 3.05) is 6.54 Å². The molecule has 1 rings (SSSR count). The number of nitrogens with zero attached hydrogens (tertiary/aromatic N) is 1. The van der Waals surface area contributed by atoms with Gasteiger partial charge in [-0.1, -0.05) is 0 Å². The molecule has 0 aromatic rings. The summed E-state index contributed by atoms with van der Waals surface area (Å²) >= 11 is -0.655. The van der Waals surface area contributed by atoms with Gasteiger partial charge in [-0.3, -0.25) is 0 Å². The fraction of sp³-hybridized carbons (Fsp3) is 0.889. The number of hydrogen-bond donors (Lipinski definition) is 0. The van der Waals surface area contributed by atoms with Crippen LogP contribution in [0.15, 0.2) is 0 Å². The summed E-state index contributed by atoms with van der Waals surface area (Å²) in [6, 6.07) is 0. The van der Waals surface area contributed by atoms with Crippen molar-refractivity contribution in [1.29, 1.82) is 0 Å². The van der Waals surface area contributed by atoms with E-state index in [1.807, 2.05) is 0 Å². The number of ether oxygens (including phenoxy) is 1. The van der Waals surface area contributed by atoms with Crippen LogP contribution in [-0.2, 0) is 4.74 Å². The molecule has 2 atom stereocenters. The Morgan fingerprint density at radius 1 is 1.60 bits per heavy atom. The Morgan fingerprint density at radius 3 is 2.67 bits per heavy atom. The predicted molar refractivity (Wildman–Crippen MR) is 52.0 cm³/mol. The van der Waals surface area contributed by atoms with Crippen LogP contribution in [0.4, 0.5) is 9.18 Å². The second-order valence-electron chi connectivity index (χ2n) is 4.53. The van der Waals surface area contributed by atoms with E-state index in [1.54, 1.807) is 20.8 Å². The van der Waals surface area contributed by atoms with Gasteiger partial charge in [0, 0.05) is 0 Å². The third kappa shape index (κ3) is 3.81. The van der Waals surface area contributed by atoms with Crippen LogP contribution in [0.1, 0.15) is 27.2 Å². The van der Waals surface area contributed by atoms with Gasteiger partial charge in [-0.25, -0.2) is 0 Å². The fourth-order valence-corrected chi connectivity index (χ4v) is 3.06. The van der Waals surface area contributed by atoms with Gasteiger partial charge >= 0.3 is 101 Å². The molecule has 0 bridgehead atoms. The van der Waals surface area contributed by atoms with E-state index < -0.39 is 38.9 Å². The number of alkyl halides is 2. The van der Waals surface area contributed by atoms with Gasteiger partial charge in [0.25, 0.3) is 0 Å². The standard InChI is InChI=1S/C9H15BFINO2/c1-9(2,3)15-8(14)13-5-6(11)4-7(13)12-10/h6-7H,4-5H2,1-3H3/q-1/t6-,7+/m1/s1. The van der Waals surface area contributed by atoms with Crippen molar-refractivity contribution in [3.63, 3.8) is 0 Å². The Bertz CT molecular complexity index is 247. The molecule has 1 saturated heterocycles. The average molecular weight is 326 g/mol. The third-order valence-electron chi connectivity index (χ3n) is 1.96. The molecule has 2 radical (unpaired) electrons. The molecule has 1 amide bonds. The van der Waals surface area contributed by atoms with Gasteiger partial charge < -0.3 is 0 Å². The molecule has 1 fully saturated rings. The van der Waals surface area contributed by atoms with Crippen molar-refractivity contribution in [3.05, 3.63) is 0 Å². The number of carbonyl (C=O) groups excluding carboxylic acids is 1. The van der Waals surface area contributed by atoms with Crippen molar-refractivity contribution in [2.24, 2.45) is 0 Å². The molecule has 0 aromatic heterocycles. The van der Waals surface area contributed by atoms with E-state index in [0.717, 1.165) is 0 Å². The van der Waals surface area contributed by atoms with Crippen LogP contribution in [0.5, 0.6) is 0 Å². The predicted octanol–water partition coefficient (Wildman–Crippen LogP) is -1.54. The van der Waals surface area contributed by atoms with Crippen LogP contribution >= 0.6 is 0 Å². The SMILES string of the molecule is [B][I-][C@@H]1C[C@@H](F)CN1C(=O)OC(C)(C)C. The Hall–Kier alpha value is -0.00506. The van der Waals surface area contributed by atoms with Gasteiger partial charge in [-0.2, -0.15) is 0 Å². The van der Waals surface area contributed by atoms with E-state index in [-0.39, 0.29) is 10.6 Å². The van der Waals surface area contributed by atoms with E-state index in [4.69, 9.17) is 10.4 Å². The maximum absolute atomic E-state index is 13.1. The summed E-state index contributed by atoms with van der Waals surface area (Å²) in [4.78, 5) is 13.1. The number of likely N-dealkylation sites (tertiary alicyclic amines) is 1. The topological polar surface area (TPSA) is 29.5 Å². The summed E-state index contributed by atoms with van der Waals surface area (Å²) in [6.07, 6.45) is -1.04. The van der Waals surface area contributed by atoms with E-state index in [1.165, 1.54) is 4.90 Å². The summed E-state index contributed by atoms with van der Waals surface area (Å²) in [5.74, 6) is 0. The van der Waals surface area contributed by atoms with Gasteiger partial charge in [0.15, 0.2) is 0 Å². The van der Waals surface area contributed by atoms with Crippen LogP contribution in [0.25, 0.3) is 0 Å². The fourth-order valence-electron chi connectivity index (χ4n) is 1.37. The summed E-state index contributed by atoms with van der Waals surface area (Å²) in [7, 11) is 0. The third-order valence-corrected chi connectivity index (χ3v) is 3.97. The van der Waals surface area contributed by atoms with Crippen molar-refractivity contribution in [3.8, 4) is 0 Å². The Balaban J connectivity index is 2.59. The monoisotopic (exact) mass is 326 g/mol. The molecule has 3 nitrogen and oxygen atoms in total. The molecule has 1 aliphatic heterocycles. The molecular weight excluding hydrogens is 311 g/mol. The molecule has 0 aromatic carbocycles. The number of carbonyl (C=O) groups is 1. The average Bonchev–Trinajstić information content (AvgIpc) is 2.43. The number of hydrogen-bond acceptors (Lipinski definition) is 2. The van der Waals surface area contributed by atoms with Gasteiger partial charge in [-0.15, -0.1) is 0 Å². The quantitative estimate of drug-likeness (QED) is 0.253. The summed E-state index contributed by atoms with van der Waals surface area (Å²) in [5.41, 5.74) is 5.04. The molecule has 86 valence electrons. The maximum atomic E-state index is 13.1. The second kappa shape index (κ2) is 4.89. The second-order valence-corrected chi connectivity index (χ2v) is 6.68. The van der Waals surface area contributed by atoms with E-state index in [2.05, 4.69) is 0 Å². The Kier molecular flexibility index (Phi) is 4.25. The summed E-state index contributed by atoms with van der Waals surface area (Å²) in [5, 5.41) is 0. The first-order valence-electron chi connectivity index (χ1n) is 4.79. The first kappa shape index (κ1) is 13.1. The molecule has 6 heteroatoms. The Labute approximate surface area is 101 Å².